The maximum atomic E-state index is 13.0. The summed E-state index contributed by atoms with van der Waals surface area (Å²) in [6, 6.07) is 16.1. The normalized spacial score (nSPS) is 22.4. The molecule has 4 rings (SSSR count). The van der Waals surface area contributed by atoms with Crippen LogP contribution in [0.15, 0.2) is 54.1 Å². The van der Waals surface area contributed by atoms with Crippen LogP contribution >= 0.6 is 11.6 Å². The van der Waals surface area contributed by atoms with Crippen LogP contribution in [0.25, 0.3) is 6.08 Å². The van der Waals surface area contributed by atoms with E-state index in [9.17, 15) is 4.79 Å². The van der Waals surface area contributed by atoms with Crippen molar-refractivity contribution in [2.45, 2.75) is 44.2 Å². The Balaban J connectivity index is 1.70. The van der Waals surface area contributed by atoms with Crippen LogP contribution in [-0.4, -0.2) is 11.8 Å². The summed E-state index contributed by atoms with van der Waals surface area (Å²) in [5.41, 5.74) is 3.79. The summed E-state index contributed by atoms with van der Waals surface area (Å²) in [5.74, 6) is 0.138. The molecule has 2 aliphatic carbocycles. The molecule has 0 spiro atoms. The molecule has 2 aromatic rings. The lowest BCUT2D eigenvalue weighted by molar-refractivity contribution is 0.103. The van der Waals surface area contributed by atoms with Crippen molar-refractivity contribution in [3.63, 3.8) is 0 Å². The monoisotopic (exact) mass is 351 g/mol. The summed E-state index contributed by atoms with van der Waals surface area (Å²) in [6.07, 6.45) is 8.28. The van der Waals surface area contributed by atoms with Crippen molar-refractivity contribution in [1.82, 2.24) is 5.32 Å². The third-order valence-corrected chi connectivity index (χ3v) is 5.54. The Kier molecular flexibility index (Phi) is 4.74. The van der Waals surface area contributed by atoms with E-state index < -0.39 is 0 Å². The number of Topliss-reactive ketones (excluding diaryl/α,β-unsaturated/α-hetero) is 1. The zero-order chi connectivity index (χ0) is 17.2. The van der Waals surface area contributed by atoms with Gasteiger partial charge >= 0.3 is 0 Å². The minimum atomic E-state index is -0.0116. The Bertz CT molecular complexity index is 803. The average Bonchev–Trinajstić information content (AvgIpc) is 2.91. The summed E-state index contributed by atoms with van der Waals surface area (Å²) in [5, 5.41) is 4.48. The maximum Gasteiger partial charge on any atom is 0.191 e. The molecule has 0 saturated heterocycles. The molecule has 0 bridgehead atoms. The van der Waals surface area contributed by atoms with Crippen molar-refractivity contribution >= 4 is 23.5 Å². The van der Waals surface area contributed by atoms with Crippen LogP contribution in [0, 0.1) is 0 Å². The Labute approximate surface area is 153 Å². The molecule has 128 valence electrons. The number of fused-ring (bicyclic) bond motifs is 1. The van der Waals surface area contributed by atoms with Crippen molar-refractivity contribution < 1.29 is 4.79 Å². The van der Waals surface area contributed by atoms with Crippen LogP contribution in [0.2, 0.25) is 5.02 Å². The van der Waals surface area contributed by atoms with Gasteiger partial charge in [-0.2, -0.15) is 0 Å². The van der Waals surface area contributed by atoms with E-state index in [4.69, 9.17) is 11.6 Å². The number of carbonyl (C=O) groups excluding carboxylic acids is 1. The minimum absolute atomic E-state index is 0.0116. The molecule has 1 unspecified atom stereocenters. The first kappa shape index (κ1) is 16.6. The molecule has 2 aromatic carbocycles. The van der Waals surface area contributed by atoms with Gasteiger partial charge < -0.3 is 5.32 Å². The van der Waals surface area contributed by atoms with E-state index >= 15 is 0 Å². The number of halogens is 1. The second-order valence-corrected chi connectivity index (χ2v) is 7.44. The second-order valence-electron chi connectivity index (χ2n) is 7.00. The first-order valence-electron chi connectivity index (χ1n) is 9.09. The van der Waals surface area contributed by atoms with Gasteiger partial charge in [-0.1, -0.05) is 67.3 Å². The summed E-state index contributed by atoms with van der Waals surface area (Å²) in [6.45, 7) is 0. The van der Waals surface area contributed by atoms with E-state index in [0.717, 1.165) is 22.3 Å². The van der Waals surface area contributed by atoms with Crippen molar-refractivity contribution in [2.75, 3.05) is 0 Å². The van der Waals surface area contributed by atoms with Crippen molar-refractivity contribution in [3.8, 4) is 0 Å². The van der Waals surface area contributed by atoms with Gasteiger partial charge in [-0.25, -0.2) is 0 Å². The molecule has 0 aliphatic heterocycles. The summed E-state index contributed by atoms with van der Waals surface area (Å²) < 4.78 is 0. The van der Waals surface area contributed by atoms with Gasteiger partial charge in [-0.3, -0.25) is 4.79 Å². The number of rotatable bonds is 3. The number of benzene rings is 2. The quantitative estimate of drug-likeness (QED) is 0.731. The summed E-state index contributed by atoms with van der Waals surface area (Å²) >= 11 is 5.99. The van der Waals surface area contributed by atoms with Gasteiger partial charge in [0.25, 0.3) is 0 Å². The molecule has 1 fully saturated rings. The smallest absolute Gasteiger partial charge is 0.191 e. The van der Waals surface area contributed by atoms with E-state index in [1.807, 2.05) is 48.5 Å². The van der Waals surface area contributed by atoms with Crippen LogP contribution in [0.4, 0.5) is 0 Å². The molecular weight excluding hydrogens is 330 g/mol. The third kappa shape index (κ3) is 3.42. The highest BCUT2D eigenvalue weighted by atomic mass is 35.5. The number of hydrogen-bond acceptors (Lipinski definition) is 2. The molecule has 2 aliphatic rings. The average molecular weight is 352 g/mol. The fourth-order valence-corrected chi connectivity index (χ4v) is 4.11. The van der Waals surface area contributed by atoms with E-state index in [0.29, 0.717) is 11.1 Å². The second kappa shape index (κ2) is 7.15. The molecule has 3 heteroatoms. The lowest BCUT2D eigenvalue weighted by atomic mass is 9.93. The predicted octanol–water partition coefficient (Wildman–Crippen LogP) is 5.58. The highest BCUT2D eigenvalue weighted by Crippen LogP contribution is 2.38. The fraction of sp³-hybridized carbons (Fsp3) is 0.318. The highest BCUT2D eigenvalue weighted by molar-refractivity contribution is 6.30. The number of nitrogens with one attached hydrogen (secondary N) is 1. The van der Waals surface area contributed by atoms with Gasteiger partial charge in [-0.05, 0) is 42.2 Å². The van der Waals surface area contributed by atoms with Crippen molar-refractivity contribution in [3.05, 3.63) is 75.8 Å². The number of carbonyl (C=O) groups is 1. The van der Waals surface area contributed by atoms with Gasteiger partial charge in [-0.15, -0.1) is 0 Å². The predicted molar refractivity (Wildman–Crippen MR) is 103 cm³/mol. The van der Waals surface area contributed by atoms with Crippen LogP contribution < -0.4 is 5.32 Å². The van der Waals surface area contributed by atoms with Crippen LogP contribution in [0.1, 0.15) is 59.6 Å². The van der Waals surface area contributed by atoms with Gasteiger partial charge in [0.15, 0.2) is 5.78 Å². The Morgan fingerprint density at radius 2 is 1.68 bits per heavy atom. The molecule has 25 heavy (non-hydrogen) atoms. The van der Waals surface area contributed by atoms with Crippen LogP contribution in [-0.2, 0) is 0 Å². The fourth-order valence-electron chi connectivity index (χ4n) is 3.98. The molecular formula is C22H22ClNO. The largest absolute Gasteiger partial charge is 0.303 e. The molecule has 0 aromatic heterocycles. The standard InChI is InChI=1S/C22H22ClNO/c23-16-12-10-15(11-13-16)14-20-21(24-17-6-2-1-3-7-17)18-8-4-5-9-19(18)22(20)25/h4-5,8-14,17,21,24H,1-3,6-7H2. The molecule has 1 saturated carbocycles. The zero-order valence-corrected chi connectivity index (χ0v) is 14.9. The molecule has 0 amide bonds. The van der Waals surface area contributed by atoms with Crippen molar-refractivity contribution in [1.29, 1.82) is 0 Å². The Hall–Kier alpha value is -1.90. The molecule has 0 radical (unpaired) electrons. The number of hydrogen-bond donors (Lipinski definition) is 1. The number of ketones is 1. The Morgan fingerprint density at radius 1 is 0.960 bits per heavy atom. The van der Waals surface area contributed by atoms with E-state index in [-0.39, 0.29) is 11.8 Å². The lowest BCUT2D eigenvalue weighted by Gasteiger charge is -2.27. The SMILES string of the molecule is O=C1C(=Cc2ccc(Cl)cc2)C(NC2CCCCC2)c2ccccc21. The summed E-state index contributed by atoms with van der Waals surface area (Å²) in [7, 11) is 0. The topological polar surface area (TPSA) is 29.1 Å². The third-order valence-electron chi connectivity index (χ3n) is 5.29. The zero-order valence-electron chi connectivity index (χ0n) is 14.2. The first-order chi connectivity index (χ1) is 12.2. The Morgan fingerprint density at radius 3 is 2.44 bits per heavy atom. The van der Waals surface area contributed by atoms with E-state index in [1.165, 1.54) is 32.1 Å². The van der Waals surface area contributed by atoms with Crippen LogP contribution in [0.5, 0.6) is 0 Å². The van der Waals surface area contributed by atoms with Gasteiger partial charge in [0.1, 0.15) is 0 Å². The molecule has 0 heterocycles. The lowest BCUT2D eigenvalue weighted by Crippen LogP contribution is -2.34. The van der Waals surface area contributed by atoms with Crippen LogP contribution in [0.3, 0.4) is 0 Å². The van der Waals surface area contributed by atoms with Gasteiger partial charge in [0, 0.05) is 22.2 Å². The van der Waals surface area contributed by atoms with Gasteiger partial charge in [0.05, 0.1) is 6.04 Å². The van der Waals surface area contributed by atoms with E-state index in [1.54, 1.807) is 0 Å². The van der Waals surface area contributed by atoms with Gasteiger partial charge in [0.2, 0.25) is 0 Å². The maximum absolute atomic E-state index is 13.0. The van der Waals surface area contributed by atoms with Crippen molar-refractivity contribution in [2.24, 2.45) is 0 Å². The first-order valence-corrected chi connectivity index (χ1v) is 9.47. The highest BCUT2D eigenvalue weighted by Gasteiger charge is 2.35. The minimum Gasteiger partial charge on any atom is -0.303 e. The molecule has 1 N–H and O–H groups in total. The van der Waals surface area contributed by atoms with E-state index in [2.05, 4.69) is 11.4 Å². The molecule has 2 nitrogen and oxygen atoms in total. The molecule has 1 atom stereocenters. The summed E-state index contributed by atoms with van der Waals surface area (Å²) in [4.78, 5) is 13.0.